The highest BCUT2D eigenvalue weighted by Gasteiger charge is 2.51. The van der Waals surface area contributed by atoms with E-state index in [-0.39, 0.29) is 84.8 Å². The minimum Gasteiger partial charge on any atom is -0.507 e. The number of benzene rings is 6. The van der Waals surface area contributed by atoms with Crippen LogP contribution >= 0.6 is 34.0 Å². The molecule has 29 nitrogen and oxygen atoms in total. The van der Waals surface area contributed by atoms with Crippen LogP contribution in [0.2, 0.25) is 0 Å². The van der Waals surface area contributed by atoms with Crippen molar-refractivity contribution in [2.75, 3.05) is 14.7 Å². The lowest BCUT2D eigenvalue weighted by Crippen LogP contribution is -2.29. The molecule has 6 aliphatic rings. The van der Waals surface area contributed by atoms with Gasteiger partial charge in [-0.05, 0) is 109 Å². The van der Waals surface area contributed by atoms with Crippen molar-refractivity contribution < 1.29 is 83.0 Å². The molecule has 9 heterocycles. The molecule has 0 saturated carbocycles. The van der Waals surface area contributed by atoms with Crippen LogP contribution in [0.3, 0.4) is 0 Å². The van der Waals surface area contributed by atoms with Crippen LogP contribution in [-0.4, -0.2) is 110 Å². The number of nitrogens with zero attached hydrogens (tertiary/aromatic N) is 9. The Balaban J connectivity index is 0.000000142. The first-order chi connectivity index (χ1) is 49.3. The number of aliphatic hydroxyl groups is 3. The molecule has 6 atom stereocenters. The van der Waals surface area contributed by atoms with E-state index in [0.717, 1.165) is 57.6 Å². The lowest BCUT2D eigenvalue weighted by Gasteiger charge is -2.22. The highest BCUT2D eigenvalue weighted by molar-refractivity contribution is 7.14. The molecule has 3 amide bonds. The van der Waals surface area contributed by atoms with E-state index < -0.39 is 73.9 Å². The zero-order valence-corrected chi connectivity index (χ0v) is 56.7. The normalized spacial score (nSPS) is 20.6. The van der Waals surface area contributed by atoms with E-state index in [4.69, 9.17) is 24.1 Å². The number of carbonyl (C=O) groups excluding carboxylic acids is 6. The van der Waals surface area contributed by atoms with Crippen molar-refractivity contribution in [2.24, 2.45) is 0 Å². The van der Waals surface area contributed by atoms with Gasteiger partial charge in [-0.25, -0.2) is 15.0 Å². The van der Waals surface area contributed by atoms with Crippen LogP contribution in [0.4, 0.5) is 32.5 Å². The first kappa shape index (κ1) is 70.2. The van der Waals surface area contributed by atoms with E-state index in [1.165, 1.54) is 87.9 Å². The summed E-state index contributed by atoms with van der Waals surface area (Å²) >= 11 is 3.44. The van der Waals surface area contributed by atoms with Gasteiger partial charge in [-0.3, -0.25) is 78.6 Å². The number of aliphatic carboxylic acids is 1. The van der Waals surface area contributed by atoms with Crippen LogP contribution < -0.4 is 28.9 Å². The van der Waals surface area contributed by atoms with Crippen LogP contribution in [0, 0.1) is 30.3 Å². The van der Waals surface area contributed by atoms with Crippen molar-refractivity contribution in [1.82, 2.24) is 15.0 Å². The number of thiazole rings is 3. The number of rotatable bonds is 12. The molecule has 6 unspecified atom stereocenters. The second-order valence-corrected chi connectivity index (χ2v) is 26.5. The number of anilines is 3. The number of nitro groups is 3. The number of non-ortho nitro benzene ring substituents is 3. The number of carboxylic acid groups (broad SMARTS) is 1. The number of fused-ring (bicyclic) bond motifs is 3. The predicted octanol–water partition coefficient (Wildman–Crippen LogP) is 12.1. The second-order valence-electron chi connectivity index (χ2n) is 23.9. The molecular formula is C71H55N9O20S3. The maximum atomic E-state index is 13.1. The monoisotopic (exact) mass is 1450 g/mol. The average molecular weight is 1450 g/mol. The summed E-state index contributed by atoms with van der Waals surface area (Å²) in [7, 11) is 0. The summed E-state index contributed by atoms with van der Waals surface area (Å²) in [6.45, 7) is 6.88. The first-order valence-corrected chi connectivity index (χ1v) is 33.9. The van der Waals surface area contributed by atoms with Crippen molar-refractivity contribution in [3.63, 3.8) is 0 Å². The Morgan fingerprint density at radius 2 is 0.699 bits per heavy atom. The van der Waals surface area contributed by atoms with Crippen molar-refractivity contribution in [3.05, 3.63) is 259 Å². The van der Waals surface area contributed by atoms with Crippen LogP contribution in [0.5, 0.6) is 17.2 Å². The maximum absolute atomic E-state index is 13.1. The topological polar surface area (TPSA) is 406 Å². The molecule has 522 valence electrons. The largest absolute Gasteiger partial charge is 0.507 e. The van der Waals surface area contributed by atoms with E-state index >= 15 is 0 Å². The number of carboxylic acids is 1. The summed E-state index contributed by atoms with van der Waals surface area (Å²) in [4.78, 5) is 136. The lowest BCUT2D eigenvalue weighted by molar-refractivity contribution is -0.385. The summed E-state index contributed by atoms with van der Waals surface area (Å²) in [5.41, 5.74) is 3.65. The Labute approximate surface area is 594 Å². The zero-order valence-electron chi connectivity index (χ0n) is 54.2. The van der Waals surface area contributed by atoms with Crippen LogP contribution in [0.1, 0.15) is 95.9 Å². The SMILES string of the molecule is CC(=O)O.CC1Cc2cc(/C(O)=C3\C(=O)C(=O)N(c4nccs4)C3c3cccc([N+](=O)[O-])c3)ccc2O1.CC1Cc2cc(/C(O)=C3\C(=O)C(=O)N(c4nccs4)C3c3cccc([N+](=O)[O-])c3)ccc2O1.CC1Cc2cc(/C(O)=C3\C(=O)C(=O)N(c4nccs4)C3c3cccc([N+](=O)[O-])c3)ccc2O1. The van der Waals surface area contributed by atoms with E-state index in [1.54, 1.807) is 88.9 Å². The molecule has 0 aliphatic carbocycles. The van der Waals surface area contributed by atoms with Gasteiger partial charge in [-0.1, -0.05) is 36.4 Å². The van der Waals surface area contributed by atoms with Gasteiger partial charge in [0.25, 0.3) is 40.4 Å². The highest BCUT2D eigenvalue weighted by atomic mass is 32.1. The number of amides is 3. The molecule has 9 aromatic rings. The molecule has 0 spiro atoms. The minimum atomic E-state index is -1.07. The maximum Gasteiger partial charge on any atom is 0.301 e. The Morgan fingerprint density at radius 1 is 0.437 bits per heavy atom. The van der Waals surface area contributed by atoms with Gasteiger partial charge in [-0.15, -0.1) is 34.0 Å². The van der Waals surface area contributed by atoms with Crippen molar-refractivity contribution >= 4 is 125 Å². The molecule has 0 bridgehead atoms. The number of Topliss-reactive ketones (excluding diaryl/α,β-unsaturated/α-hetero) is 3. The van der Waals surface area contributed by atoms with Gasteiger partial charge in [0.15, 0.2) is 15.4 Å². The Morgan fingerprint density at radius 3 is 0.932 bits per heavy atom. The van der Waals surface area contributed by atoms with E-state index in [1.807, 2.05) is 20.8 Å². The molecule has 103 heavy (non-hydrogen) atoms. The van der Waals surface area contributed by atoms with Gasteiger partial charge in [0.05, 0.1) is 49.6 Å². The fourth-order valence-corrected chi connectivity index (χ4v) is 14.6. The third-order valence-corrected chi connectivity index (χ3v) is 19.2. The number of aromatic nitrogens is 3. The molecular weight excluding hydrogens is 1400 g/mol. The average Bonchev–Trinajstić information content (AvgIpc) is 1.61. The number of aliphatic hydroxyl groups excluding tert-OH is 3. The number of nitro benzene ring substituents is 3. The predicted molar refractivity (Wildman–Crippen MR) is 374 cm³/mol. The summed E-state index contributed by atoms with van der Waals surface area (Å²) in [6.07, 6.45) is 6.42. The number of ketones is 3. The first-order valence-electron chi connectivity index (χ1n) is 31.2. The molecule has 0 radical (unpaired) electrons. The number of carbonyl (C=O) groups is 7. The zero-order chi connectivity index (χ0) is 73.4. The minimum absolute atomic E-state index is 0.00209. The second kappa shape index (κ2) is 28.9. The standard InChI is InChI=1S/3C23H17N3O6S.C2H4O2/c3*1-12-9-15-10-14(5-6-17(15)32-12)20(27)18-19(13-3-2-4-16(11-13)26(30)31)25(22(29)21(18)28)23-24-7-8-33-23;1-2(3)4/h3*2-8,10-12,19,27H,9H2,1H3;1H3,(H,3,4)/b3*20-18+;. The number of hydrogen-bond donors (Lipinski definition) is 4. The van der Waals surface area contributed by atoms with Gasteiger partial charge in [0.2, 0.25) is 0 Å². The molecule has 15 rings (SSSR count). The highest BCUT2D eigenvalue weighted by Crippen LogP contribution is 2.48. The fourth-order valence-electron chi connectivity index (χ4n) is 12.6. The summed E-state index contributed by atoms with van der Waals surface area (Å²) in [6, 6.07) is 29.0. The molecule has 6 aliphatic heterocycles. The van der Waals surface area contributed by atoms with Crippen molar-refractivity contribution in [3.8, 4) is 17.2 Å². The summed E-state index contributed by atoms with van der Waals surface area (Å²) in [5, 5.41) is 80.9. The van der Waals surface area contributed by atoms with E-state index in [2.05, 4.69) is 15.0 Å². The Bertz CT molecular complexity index is 4600. The Hall–Kier alpha value is -12.7. The smallest absolute Gasteiger partial charge is 0.301 e. The van der Waals surface area contributed by atoms with Crippen LogP contribution in [-0.2, 0) is 52.8 Å². The molecule has 3 fully saturated rings. The summed E-state index contributed by atoms with van der Waals surface area (Å²) < 4.78 is 17.1. The number of hydrogen-bond acceptors (Lipinski definition) is 25. The van der Waals surface area contributed by atoms with Crippen LogP contribution in [0.15, 0.2) is 179 Å². The van der Waals surface area contributed by atoms with E-state index in [9.17, 15) is 74.4 Å². The van der Waals surface area contributed by atoms with E-state index in [0.29, 0.717) is 69.9 Å². The third-order valence-electron chi connectivity index (χ3n) is 16.9. The lowest BCUT2D eigenvalue weighted by atomic mass is 9.94. The van der Waals surface area contributed by atoms with Crippen molar-refractivity contribution in [1.29, 1.82) is 0 Å². The molecule has 3 aromatic heterocycles. The van der Waals surface area contributed by atoms with Crippen molar-refractivity contribution in [2.45, 2.75) is 83.4 Å². The molecule has 4 N–H and O–H groups in total. The van der Waals surface area contributed by atoms with Gasteiger partial charge >= 0.3 is 17.7 Å². The third kappa shape index (κ3) is 13.9. The summed E-state index contributed by atoms with van der Waals surface area (Å²) in [5.74, 6) is -5.02. The molecule has 6 aromatic carbocycles. The van der Waals surface area contributed by atoms with Gasteiger partial charge < -0.3 is 34.6 Å². The quantitative estimate of drug-likeness (QED) is 0.0290. The molecule has 3 saturated heterocycles. The van der Waals surface area contributed by atoms with Gasteiger partial charge in [-0.2, -0.15) is 0 Å². The Kier molecular flexibility index (Phi) is 19.7. The fraction of sp³-hybridized carbons (Fsp3) is 0.183. The van der Waals surface area contributed by atoms with Gasteiger partial charge in [0, 0.05) is 114 Å². The van der Waals surface area contributed by atoms with Gasteiger partial charge in [0.1, 0.15) is 52.8 Å². The molecule has 32 heteroatoms. The van der Waals surface area contributed by atoms with Crippen LogP contribution in [0.25, 0.3) is 17.3 Å². The number of ether oxygens (including phenoxy) is 3.